The second-order valence-corrected chi connectivity index (χ2v) is 4.90. The minimum atomic E-state index is 0.522. The van der Waals surface area contributed by atoms with Crippen LogP contribution in [0.4, 0.5) is 0 Å². The van der Waals surface area contributed by atoms with Crippen LogP contribution in [0.1, 0.15) is 72.6 Å². The predicted octanol–water partition coefficient (Wildman–Crippen LogP) is 4.80. The van der Waals surface area contributed by atoms with Crippen molar-refractivity contribution in [3.63, 3.8) is 0 Å². The van der Waals surface area contributed by atoms with Gasteiger partial charge in [-0.25, -0.2) is 0 Å². The maximum absolute atomic E-state index is 5.77. The lowest BCUT2D eigenvalue weighted by molar-refractivity contribution is 0.0451. The van der Waals surface area contributed by atoms with E-state index in [1.54, 1.807) is 0 Å². The molecular formula is C14H30O. The Labute approximate surface area is 96.6 Å². The molecular weight excluding hydrogens is 184 g/mol. The Balaban J connectivity index is 3.53. The van der Waals surface area contributed by atoms with Gasteiger partial charge in [0.1, 0.15) is 0 Å². The van der Waals surface area contributed by atoms with E-state index in [0.29, 0.717) is 6.10 Å². The van der Waals surface area contributed by atoms with Gasteiger partial charge >= 0.3 is 0 Å². The Morgan fingerprint density at radius 1 is 0.867 bits per heavy atom. The summed E-state index contributed by atoms with van der Waals surface area (Å²) in [4.78, 5) is 0. The minimum absolute atomic E-state index is 0.522. The van der Waals surface area contributed by atoms with Gasteiger partial charge in [0.05, 0.1) is 6.10 Å². The summed E-state index contributed by atoms with van der Waals surface area (Å²) >= 11 is 0. The Kier molecular flexibility index (Phi) is 10.4. The number of rotatable bonds is 10. The van der Waals surface area contributed by atoms with E-state index in [1.807, 2.05) is 0 Å². The van der Waals surface area contributed by atoms with Gasteiger partial charge in [-0.2, -0.15) is 0 Å². The molecule has 0 saturated carbocycles. The lowest BCUT2D eigenvalue weighted by atomic mass is 10.0. The monoisotopic (exact) mass is 214 g/mol. The van der Waals surface area contributed by atoms with Gasteiger partial charge in [0.25, 0.3) is 0 Å². The Bertz CT molecular complexity index is 121. The van der Waals surface area contributed by atoms with Crippen LogP contribution >= 0.6 is 0 Å². The van der Waals surface area contributed by atoms with E-state index < -0.39 is 0 Å². The van der Waals surface area contributed by atoms with E-state index in [1.165, 1.54) is 44.9 Å². The normalized spacial score (nSPS) is 13.4. The maximum atomic E-state index is 5.77. The van der Waals surface area contributed by atoms with Crippen molar-refractivity contribution >= 4 is 0 Å². The quantitative estimate of drug-likeness (QED) is 0.475. The molecule has 0 aliphatic carbocycles. The summed E-state index contributed by atoms with van der Waals surface area (Å²) < 4.78 is 5.77. The fraction of sp³-hybridized carbons (Fsp3) is 1.00. The van der Waals surface area contributed by atoms with E-state index in [4.69, 9.17) is 4.74 Å². The van der Waals surface area contributed by atoms with E-state index in [-0.39, 0.29) is 0 Å². The zero-order valence-electron chi connectivity index (χ0n) is 11.2. The topological polar surface area (TPSA) is 9.23 Å². The molecule has 1 heteroatoms. The van der Waals surface area contributed by atoms with Crippen LogP contribution in [0.15, 0.2) is 0 Å². The van der Waals surface area contributed by atoms with Crippen LogP contribution in [-0.4, -0.2) is 12.7 Å². The van der Waals surface area contributed by atoms with Gasteiger partial charge in [-0.05, 0) is 32.1 Å². The molecule has 0 spiro atoms. The molecule has 0 heterocycles. The number of hydrogen-bond donors (Lipinski definition) is 0. The summed E-state index contributed by atoms with van der Waals surface area (Å²) in [5, 5.41) is 0. The first-order valence-electron chi connectivity index (χ1n) is 6.82. The van der Waals surface area contributed by atoms with Gasteiger partial charge in [-0.3, -0.25) is 0 Å². The zero-order valence-corrected chi connectivity index (χ0v) is 11.2. The van der Waals surface area contributed by atoms with Crippen molar-refractivity contribution in [1.82, 2.24) is 0 Å². The summed E-state index contributed by atoms with van der Waals surface area (Å²) in [7, 11) is 0. The predicted molar refractivity (Wildman–Crippen MR) is 68.2 cm³/mol. The average Bonchev–Trinajstić information content (AvgIpc) is 2.20. The first-order chi connectivity index (χ1) is 7.20. The fourth-order valence-electron chi connectivity index (χ4n) is 1.86. The second-order valence-electron chi connectivity index (χ2n) is 4.90. The van der Waals surface area contributed by atoms with E-state index >= 15 is 0 Å². The highest BCUT2D eigenvalue weighted by atomic mass is 16.5. The molecule has 0 bridgehead atoms. The van der Waals surface area contributed by atoms with Crippen molar-refractivity contribution < 1.29 is 4.74 Å². The van der Waals surface area contributed by atoms with Crippen LogP contribution < -0.4 is 0 Å². The Hall–Kier alpha value is -0.0400. The van der Waals surface area contributed by atoms with E-state index in [0.717, 1.165) is 12.5 Å². The van der Waals surface area contributed by atoms with Crippen LogP contribution in [0.2, 0.25) is 0 Å². The lowest BCUT2D eigenvalue weighted by Gasteiger charge is -2.17. The molecule has 15 heavy (non-hydrogen) atoms. The van der Waals surface area contributed by atoms with Crippen LogP contribution in [0.25, 0.3) is 0 Å². The third-order valence-electron chi connectivity index (χ3n) is 2.85. The van der Waals surface area contributed by atoms with Gasteiger partial charge < -0.3 is 4.74 Å². The molecule has 0 aromatic carbocycles. The summed E-state index contributed by atoms with van der Waals surface area (Å²) in [5.74, 6) is 0.809. The summed E-state index contributed by atoms with van der Waals surface area (Å²) in [6.45, 7) is 9.82. The Morgan fingerprint density at radius 3 is 2.13 bits per heavy atom. The molecule has 0 aromatic heterocycles. The summed E-state index contributed by atoms with van der Waals surface area (Å²) in [6.07, 6.45) is 9.76. The van der Waals surface area contributed by atoms with E-state index in [2.05, 4.69) is 27.7 Å². The smallest absolute Gasteiger partial charge is 0.0575 e. The van der Waals surface area contributed by atoms with Crippen LogP contribution in [0.3, 0.4) is 0 Å². The average molecular weight is 214 g/mol. The highest BCUT2D eigenvalue weighted by molar-refractivity contribution is 4.60. The van der Waals surface area contributed by atoms with Crippen molar-refractivity contribution in [2.75, 3.05) is 6.61 Å². The highest BCUT2D eigenvalue weighted by Gasteiger charge is 2.08. The largest absolute Gasteiger partial charge is 0.379 e. The first-order valence-corrected chi connectivity index (χ1v) is 6.82. The molecule has 0 aliphatic rings. The molecule has 0 radical (unpaired) electrons. The lowest BCUT2D eigenvalue weighted by Crippen LogP contribution is -2.13. The van der Waals surface area contributed by atoms with Crippen molar-refractivity contribution in [1.29, 1.82) is 0 Å². The number of hydrogen-bond acceptors (Lipinski definition) is 1. The van der Waals surface area contributed by atoms with E-state index in [9.17, 15) is 0 Å². The zero-order chi connectivity index (χ0) is 11.5. The molecule has 0 saturated heterocycles. The number of ether oxygens (including phenoxy) is 1. The molecule has 1 nitrogen and oxygen atoms in total. The van der Waals surface area contributed by atoms with Crippen molar-refractivity contribution in [3.05, 3.63) is 0 Å². The standard InChI is InChI=1S/C14H30O/c1-5-7-8-9-10-14(15-6-2)12-11-13(3)4/h13-14H,5-12H2,1-4H3. The highest BCUT2D eigenvalue weighted by Crippen LogP contribution is 2.15. The molecule has 1 unspecified atom stereocenters. The van der Waals surface area contributed by atoms with Crippen LogP contribution in [-0.2, 0) is 4.74 Å². The molecule has 0 rings (SSSR count). The van der Waals surface area contributed by atoms with Crippen molar-refractivity contribution in [2.45, 2.75) is 78.7 Å². The van der Waals surface area contributed by atoms with Crippen molar-refractivity contribution in [2.24, 2.45) is 5.92 Å². The van der Waals surface area contributed by atoms with Gasteiger partial charge in [-0.15, -0.1) is 0 Å². The van der Waals surface area contributed by atoms with Crippen LogP contribution in [0, 0.1) is 5.92 Å². The minimum Gasteiger partial charge on any atom is -0.379 e. The van der Waals surface area contributed by atoms with Crippen molar-refractivity contribution in [3.8, 4) is 0 Å². The molecule has 0 N–H and O–H groups in total. The van der Waals surface area contributed by atoms with Gasteiger partial charge in [0.15, 0.2) is 0 Å². The summed E-state index contributed by atoms with van der Waals surface area (Å²) in [6, 6.07) is 0. The molecule has 0 aromatic rings. The maximum Gasteiger partial charge on any atom is 0.0575 e. The fourth-order valence-corrected chi connectivity index (χ4v) is 1.86. The SMILES string of the molecule is CCCCCCC(CCC(C)C)OCC. The third kappa shape index (κ3) is 10.2. The third-order valence-corrected chi connectivity index (χ3v) is 2.85. The van der Waals surface area contributed by atoms with Gasteiger partial charge in [-0.1, -0.05) is 46.5 Å². The van der Waals surface area contributed by atoms with Crippen LogP contribution in [0.5, 0.6) is 0 Å². The number of unbranched alkanes of at least 4 members (excludes halogenated alkanes) is 3. The second kappa shape index (κ2) is 10.5. The Morgan fingerprint density at radius 2 is 1.60 bits per heavy atom. The molecule has 1 atom stereocenters. The molecule has 0 amide bonds. The molecule has 92 valence electrons. The molecule has 0 aliphatic heterocycles. The van der Waals surface area contributed by atoms with Gasteiger partial charge in [0, 0.05) is 6.61 Å². The first kappa shape index (κ1) is 15.0. The van der Waals surface area contributed by atoms with Gasteiger partial charge in [0.2, 0.25) is 0 Å². The molecule has 0 fully saturated rings. The summed E-state index contributed by atoms with van der Waals surface area (Å²) in [5.41, 5.74) is 0.